The normalized spacial score (nSPS) is 18.5. The zero-order valence-electron chi connectivity index (χ0n) is 11.0. The average Bonchev–Trinajstić information content (AvgIpc) is 2.40. The van der Waals surface area contributed by atoms with Crippen LogP contribution < -0.4 is 0 Å². The average molecular weight is 233 g/mol. The van der Waals surface area contributed by atoms with E-state index < -0.39 is 0 Å². The summed E-state index contributed by atoms with van der Waals surface area (Å²) in [6.07, 6.45) is 3.08. The lowest BCUT2D eigenvalue weighted by Gasteiger charge is -2.33. The van der Waals surface area contributed by atoms with Crippen LogP contribution in [-0.2, 0) is 13.0 Å². The van der Waals surface area contributed by atoms with Crippen LogP contribution in [0.25, 0.3) is 0 Å². The summed E-state index contributed by atoms with van der Waals surface area (Å²) in [5.41, 5.74) is 2.52. The molecule has 0 aromatic carbocycles. The largest absolute Gasteiger partial charge is 0.301 e. The summed E-state index contributed by atoms with van der Waals surface area (Å²) in [6, 6.07) is 4.37. The van der Waals surface area contributed by atoms with E-state index >= 15 is 0 Å². The lowest BCUT2D eigenvalue weighted by molar-refractivity contribution is 0.131. The highest BCUT2D eigenvalue weighted by Gasteiger charge is 2.15. The molecule has 0 amide bonds. The first-order chi connectivity index (χ1) is 8.31. The van der Waals surface area contributed by atoms with Crippen LogP contribution in [0.3, 0.4) is 0 Å². The number of piperazine rings is 1. The molecule has 1 aliphatic rings. The molecule has 94 valence electrons. The maximum atomic E-state index is 4.53. The summed E-state index contributed by atoms with van der Waals surface area (Å²) in [4.78, 5) is 9.53. The second kappa shape index (κ2) is 6.12. The molecule has 2 heterocycles. The van der Waals surface area contributed by atoms with E-state index in [1.54, 1.807) is 0 Å². The highest BCUT2D eigenvalue weighted by Crippen LogP contribution is 2.07. The van der Waals surface area contributed by atoms with E-state index in [0.717, 1.165) is 13.0 Å². The Hall–Kier alpha value is -0.930. The van der Waals surface area contributed by atoms with Gasteiger partial charge in [-0.15, -0.1) is 0 Å². The number of aryl methyl sites for hydroxylation is 1. The number of hydrogen-bond donors (Lipinski definition) is 0. The molecule has 17 heavy (non-hydrogen) atoms. The Balaban J connectivity index is 1.84. The topological polar surface area (TPSA) is 19.4 Å². The molecule has 1 aromatic rings. The van der Waals surface area contributed by atoms with Gasteiger partial charge in [-0.05, 0) is 24.6 Å². The molecule has 1 saturated heterocycles. The Morgan fingerprint density at radius 3 is 2.29 bits per heavy atom. The Labute approximate surface area is 104 Å². The second-order valence-electron chi connectivity index (χ2n) is 4.72. The van der Waals surface area contributed by atoms with Gasteiger partial charge in [0.25, 0.3) is 0 Å². The highest BCUT2D eigenvalue weighted by atomic mass is 15.3. The lowest BCUT2D eigenvalue weighted by atomic mass is 10.2. The molecule has 1 aromatic heterocycles. The summed E-state index contributed by atoms with van der Waals surface area (Å²) >= 11 is 0. The van der Waals surface area contributed by atoms with E-state index in [1.807, 2.05) is 6.20 Å². The molecule has 0 aliphatic carbocycles. The molecule has 0 spiro atoms. The molecule has 0 unspecified atom stereocenters. The van der Waals surface area contributed by atoms with Crippen molar-refractivity contribution in [2.75, 3.05) is 32.7 Å². The maximum Gasteiger partial charge on any atom is 0.0544 e. The predicted octanol–water partition coefficient (Wildman–Crippen LogP) is 1.78. The predicted molar refractivity (Wildman–Crippen MR) is 71.0 cm³/mol. The minimum absolute atomic E-state index is 1.00. The third-order valence-electron chi connectivity index (χ3n) is 3.59. The van der Waals surface area contributed by atoms with Crippen molar-refractivity contribution < 1.29 is 0 Å². The third-order valence-corrected chi connectivity index (χ3v) is 3.59. The first kappa shape index (κ1) is 12.5. The smallest absolute Gasteiger partial charge is 0.0544 e. The monoisotopic (exact) mass is 233 g/mol. The van der Waals surface area contributed by atoms with Crippen LogP contribution in [0.15, 0.2) is 18.3 Å². The summed E-state index contributed by atoms with van der Waals surface area (Å²) in [5.74, 6) is 0. The van der Waals surface area contributed by atoms with E-state index in [-0.39, 0.29) is 0 Å². The number of pyridine rings is 1. The van der Waals surface area contributed by atoms with E-state index in [9.17, 15) is 0 Å². The van der Waals surface area contributed by atoms with Gasteiger partial charge < -0.3 is 4.90 Å². The van der Waals surface area contributed by atoms with Gasteiger partial charge in [0.2, 0.25) is 0 Å². The third kappa shape index (κ3) is 3.51. The molecule has 0 N–H and O–H groups in total. The van der Waals surface area contributed by atoms with Crippen molar-refractivity contribution in [1.82, 2.24) is 14.8 Å². The number of likely N-dealkylation sites (N-methyl/N-ethyl adjacent to an activating group) is 1. The number of nitrogens with zero attached hydrogens (tertiary/aromatic N) is 3. The SMILES string of the molecule is CCc1ccc(CN2CCN(CC)CC2)nc1. The summed E-state index contributed by atoms with van der Waals surface area (Å²) in [7, 11) is 0. The van der Waals surface area contributed by atoms with Crippen LogP contribution in [0, 0.1) is 0 Å². The zero-order chi connectivity index (χ0) is 12.1. The van der Waals surface area contributed by atoms with Crippen molar-refractivity contribution in [1.29, 1.82) is 0 Å². The van der Waals surface area contributed by atoms with Crippen molar-refractivity contribution in [2.45, 2.75) is 26.8 Å². The van der Waals surface area contributed by atoms with Gasteiger partial charge >= 0.3 is 0 Å². The first-order valence-corrected chi connectivity index (χ1v) is 6.70. The van der Waals surface area contributed by atoms with Crippen LogP contribution in [-0.4, -0.2) is 47.5 Å². The molecule has 0 radical (unpaired) electrons. The number of hydrogen-bond acceptors (Lipinski definition) is 3. The fourth-order valence-corrected chi connectivity index (χ4v) is 2.25. The summed E-state index contributed by atoms with van der Waals surface area (Å²) < 4.78 is 0. The van der Waals surface area contributed by atoms with Gasteiger partial charge in [-0.25, -0.2) is 0 Å². The van der Waals surface area contributed by atoms with Gasteiger partial charge in [0.05, 0.1) is 5.69 Å². The van der Waals surface area contributed by atoms with Crippen LogP contribution in [0.1, 0.15) is 25.1 Å². The van der Waals surface area contributed by atoms with Crippen molar-refractivity contribution in [3.05, 3.63) is 29.6 Å². The quantitative estimate of drug-likeness (QED) is 0.790. The highest BCUT2D eigenvalue weighted by molar-refractivity contribution is 5.13. The van der Waals surface area contributed by atoms with Gasteiger partial charge in [0.1, 0.15) is 0 Å². The zero-order valence-corrected chi connectivity index (χ0v) is 11.0. The molecule has 2 rings (SSSR count). The van der Waals surface area contributed by atoms with Crippen molar-refractivity contribution in [3.63, 3.8) is 0 Å². The Morgan fingerprint density at radius 2 is 1.76 bits per heavy atom. The van der Waals surface area contributed by atoms with E-state index in [4.69, 9.17) is 0 Å². The first-order valence-electron chi connectivity index (χ1n) is 6.70. The molecule has 0 saturated carbocycles. The van der Waals surface area contributed by atoms with E-state index in [2.05, 4.69) is 40.8 Å². The molecule has 1 fully saturated rings. The molecule has 0 bridgehead atoms. The minimum Gasteiger partial charge on any atom is -0.301 e. The van der Waals surface area contributed by atoms with E-state index in [1.165, 1.54) is 44.0 Å². The van der Waals surface area contributed by atoms with Gasteiger partial charge in [-0.2, -0.15) is 0 Å². The van der Waals surface area contributed by atoms with Crippen molar-refractivity contribution in [2.24, 2.45) is 0 Å². The molecule has 1 aliphatic heterocycles. The van der Waals surface area contributed by atoms with Crippen LogP contribution in [0.5, 0.6) is 0 Å². The standard InChI is InChI=1S/C14H23N3/c1-3-13-5-6-14(15-11-13)12-17-9-7-16(4-2)8-10-17/h5-6,11H,3-4,7-10,12H2,1-2H3. The number of rotatable bonds is 4. The molecule has 3 nitrogen and oxygen atoms in total. The van der Waals surface area contributed by atoms with Gasteiger partial charge in [0.15, 0.2) is 0 Å². The second-order valence-corrected chi connectivity index (χ2v) is 4.72. The fraction of sp³-hybridized carbons (Fsp3) is 0.643. The maximum absolute atomic E-state index is 4.53. The van der Waals surface area contributed by atoms with Gasteiger partial charge in [-0.1, -0.05) is 19.9 Å². The van der Waals surface area contributed by atoms with Gasteiger partial charge in [0, 0.05) is 38.9 Å². The van der Waals surface area contributed by atoms with Crippen LogP contribution >= 0.6 is 0 Å². The van der Waals surface area contributed by atoms with Crippen molar-refractivity contribution in [3.8, 4) is 0 Å². The van der Waals surface area contributed by atoms with Crippen molar-refractivity contribution >= 4 is 0 Å². The molecule has 0 atom stereocenters. The van der Waals surface area contributed by atoms with Gasteiger partial charge in [-0.3, -0.25) is 9.88 Å². The summed E-state index contributed by atoms with van der Waals surface area (Å²) in [6.45, 7) is 11.3. The molecular weight excluding hydrogens is 210 g/mol. The Kier molecular flexibility index (Phi) is 4.51. The van der Waals surface area contributed by atoms with Crippen LogP contribution in [0.4, 0.5) is 0 Å². The fourth-order valence-electron chi connectivity index (χ4n) is 2.25. The molecular formula is C14H23N3. The lowest BCUT2D eigenvalue weighted by Crippen LogP contribution is -2.45. The Bertz CT molecular complexity index is 326. The van der Waals surface area contributed by atoms with Crippen LogP contribution in [0.2, 0.25) is 0 Å². The molecule has 3 heteroatoms. The number of aromatic nitrogens is 1. The van der Waals surface area contributed by atoms with E-state index in [0.29, 0.717) is 0 Å². The minimum atomic E-state index is 1.00. The summed E-state index contributed by atoms with van der Waals surface area (Å²) in [5, 5.41) is 0. The Morgan fingerprint density at radius 1 is 1.06 bits per heavy atom.